The molecule has 1 fully saturated rings. The molecular weight excluding hydrogens is 214 g/mol. The summed E-state index contributed by atoms with van der Waals surface area (Å²) in [6, 6.07) is 4.20. The molecule has 0 radical (unpaired) electrons. The van der Waals surface area contributed by atoms with Crippen molar-refractivity contribution in [3.63, 3.8) is 0 Å². The van der Waals surface area contributed by atoms with E-state index >= 15 is 0 Å². The fourth-order valence-electron chi connectivity index (χ4n) is 2.24. The summed E-state index contributed by atoms with van der Waals surface area (Å²) < 4.78 is 5.83. The maximum Gasteiger partial charge on any atom is 0.0772 e. The largest absolute Gasteiger partial charge is 0.377 e. The van der Waals surface area contributed by atoms with Gasteiger partial charge in [-0.25, -0.2) is 0 Å². The van der Waals surface area contributed by atoms with Gasteiger partial charge in [-0.2, -0.15) is 0 Å². The molecule has 0 saturated heterocycles. The van der Waals surface area contributed by atoms with Crippen LogP contribution >= 0.6 is 0 Å². The van der Waals surface area contributed by atoms with Gasteiger partial charge in [0.25, 0.3) is 0 Å². The number of aromatic nitrogens is 1. The highest BCUT2D eigenvalue weighted by atomic mass is 16.5. The first kappa shape index (κ1) is 12.5. The minimum atomic E-state index is 0.173. The van der Waals surface area contributed by atoms with Crippen molar-refractivity contribution >= 4 is 0 Å². The highest BCUT2D eigenvalue weighted by molar-refractivity contribution is 5.11. The van der Waals surface area contributed by atoms with Crippen LogP contribution in [-0.4, -0.2) is 23.7 Å². The van der Waals surface area contributed by atoms with Gasteiger partial charge in [0.1, 0.15) is 0 Å². The Kier molecular flexibility index (Phi) is 4.48. The van der Waals surface area contributed by atoms with E-state index in [2.05, 4.69) is 16.5 Å². The molecule has 3 N–H and O–H groups in total. The lowest BCUT2D eigenvalue weighted by Crippen LogP contribution is -2.47. The van der Waals surface area contributed by atoms with Crippen LogP contribution in [-0.2, 0) is 11.2 Å². The van der Waals surface area contributed by atoms with Gasteiger partial charge >= 0.3 is 0 Å². The number of nitrogens with one attached hydrogen (secondary N) is 1. The normalized spacial score (nSPS) is 18.9. The molecule has 1 aromatic rings. The number of ether oxygens (including phenoxy) is 1. The maximum atomic E-state index is 5.83. The zero-order chi connectivity index (χ0) is 12.1. The number of rotatable bonds is 7. The Labute approximate surface area is 103 Å². The predicted molar refractivity (Wildman–Crippen MR) is 67.2 cm³/mol. The molecule has 1 heterocycles. The van der Waals surface area contributed by atoms with Crippen LogP contribution in [0, 0.1) is 5.92 Å². The van der Waals surface area contributed by atoms with E-state index in [1.165, 1.54) is 18.4 Å². The zero-order valence-electron chi connectivity index (χ0n) is 10.3. The molecule has 1 saturated carbocycles. The van der Waals surface area contributed by atoms with Crippen LogP contribution in [0.15, 0.2) is 24.5 Å². The lowest BCUT2D eigenvalue weighted by Gasteiger charge is -2.26. The Balaban J connectivity index is 1.99. The Morgan fingerprint density at radius 2 is 2.41 bits per heavy atom. The first-order chi connectivity index (χ1) is 8.35. The van der Waals surface area contributed by atoms with Crippen LogP contribution in [0.1, 0.15) is 25.3 Å². The van der Waals surface area contributed by atoms with E-state index < -0.39 is 0 Å². The van der Waals surface area contributed by atoms with Crippen LogP contribution < -0.4 is 11.3 Å². The fourth-order valence-corrected chi connectivity index (χ4v) is 2.24. The van der Waals surface area contributed by atoms with Crippen molar-refractivity contribution in [2.75, 3.05) is 6.61 Å². The molecule has 1 aliphatic rings. The molecule has 0 spiro atoms. The SMILES string of the molecule is CCOC(C1CC1)C(Cc1cccnc1)NN. The second kappa shape index (κ2) is 6.10. The van der Waals surface area contributed by atoms with Gasteiger partial charge in [0.05, 0.1) is 12.1 Å². The minimum absolute atomic E-state index is 0.173. The summed E-state index contributed by atoms with van der Waals surface area (Å²) in [6.07, 6.45) is 7.29. The molecule has 2 unspecified atom stereocenters. The lowest BCUT2D eigenvalue weighted by atomic mass is 10.00. The minimum Gasteiger partial charge on any atom is -0.377 e. The van der Waals surface area contributed by atoms with Crippen molar-refractivity contribution in [1.82, 2.24) is 10.4 Å². The van der Waals surface area contributed by atoms with Crippen molar-refractivity contribution in [1.29, 1.82) is 0 Å². The smallest absolute Gasteiger partial charge is 0.0772 e. The molecule has 2 rings (SSSR count). The van der Waals surface area contributed by atoms with Crippen LogP contribution in [0.2, 0.25) is 0 Å². The van der Waals surface area contributed by atoms with Crippen LogP contribution in [0.5, 0.6) is 0 Å². The Morgan fingerprint density at radius 3 is 2.94 bits per heavy atom. The topological polar surface area (TPSA) is 60.2 Å². The third kappa shape index (κ3) is 3.49. The number of hydrogen-bond donors (Lipinski definition) is 2. The summed E-state index contributed by atoms with van der Waals surface area (Å²) in [5.74, 6) is 6.34. The summed E-state index contributed by atoms with van der Waals surface area (Å²) in [4.78, 5) is 4.13. The van der Waals surface area contributed by atoms with Crippen molar-refractivity contribution in [2.45, 2.75) is 38.3 Å². The van der Waals surface area contributed by atoms with Gasteiger partial charge in [0, 0.05) is 19.0 Å². The molecule has 4 heteroatoms. The summed E-state index contributed by atoms with van der Waals surface area (Å²) >= 11 is 0. The zero-order valence-corrected chi connectivity index (χ0v) is 10.3. The summed E-state index contributed by atoms with van der Waals surface area (Å²) in [5.41, 5.74) is 4.10. The number of nitrogens with two attached hydrogens (primary N) is 1. The molecule has 1 aromatic heterocycles. The van der Waals surface area contributed by atoms with E-state index in [1.807, 2.05) is 19.2 Å². The van der Waals surface area contributed by atoms with E-state index in [1.54, 1.807) is 6.20 Å². The van der Waals surface area contributed by atoms with Gasteiger partial charge in [0.15, 0.2) is 0 Å². The van der Waals surface area contributed by atoms with E-state index in [-0.39, 0.29) is 12.1 Å². The van der Waals surface area contributed by atoms with Crippen LogP contribution in [0.4, 0.5) is 0 Å². The molecule has 0 bridgehead atoms. The summed E-state index contributed by atoms with van der Waals surface area (Å²) in [6.45, 7) is 2.78. The molecule has 2 atom stereocenters. The van der Waals surface area contributed by atoms with Gasteiger partial charge in [-0.15, -0.1) is 0 Å². The molecule has 94 valence electrons. The number of nitrogens with zero attached hydrogens (tertiary/aromatic N) is 1. The van der Waals surface area contributed by atoms with Gasteiger partial charge in [-0.3, -0.25) is 16.3 Å². The molecule has 0 amide bonds. The van der Waals surface area contributed by atoms with Crippen molar-refractivity contribution < 1.29 is 4.74 Å². The van der Waals surface area contributed by atoms with E-state index in [9.17, 15) is 0 Å². The third-order valence-corrected chi connectivity index (χ3v) is 3.23. The average Bonchev–Trinajstić information content (AvgIpc) is 3.19. The summed E-state index contributed by atoms with van der Waals surface area (Å²) in [7, 11) is 0. The monoisotopic (exact) mass is 235 g/mol. The van der Waals surface area contributed by atoms with E-state index in [0.717, 1.165) is 13.0 Å². The molecule has 17 heavy (non-hydrogen) atoms. The Bertz CT molecular complexity index is 327. The van der Waals surface area contributed by atoms with Crippen molar-refractivity contribution in [3.05, 3.63) is 30.1 Å². The highest BCUT2D eigenvalue weighted by Crippen LogP contribution is 2.36. The Hall–Kier alpha value is -0.970. The highest BCUT2D eigenvalue weighted by Gasteiger charge is 2.36. The second-order valence-electron chi connectivity index (χ2n) is 4.60. The molecule has 4 nitrogen and oxygen atoms in total. The van der Waals surface area contributed by atoms with Crippen molar-refractivity contribution in [3.8, 4) is 0 Å². The maximum absolute atomic E-state index is 5.83. The molecular formula is C13H21N3O. The van der Waals surface area contributed by atoms with Gasteiger partial charge in [0.2, 0.25) is 0 Å². The third-order valence-electron chi connectivity index (χ3n) is 3.23. The first-order valence-electron chi connectivity index (χ1n) is 6.31. The molecule has 0 aromatic carbocycles. The number of hydrazine groups is 1. The lowest BCUT2D eigenvalue weighted by molar-refractivity contribution is 0.0192. The number of hydrogen-bond acceptors (Lipinski definition) is 4. The average molecular weight is 235 g/mol. The molecule has 1 aliphatic carbocycles. The van der Waals surface area contributed by atoms with Gasteiger partial charge < -0.3 is 4.74 Å². The predicted octanol–water partition coefficient (Wildman–Crippen LogP) is 1.27. The quantitative estimate of drug-likeness (QED) is 0.552. The fraction of sp³-hybridized carbons (Fsp3) is 0.615. The van der Waals surface area contributed by atoms with Crippen LogP contribution in [0.3, 0.4) is 0 Å². The van der Waals surface area contributed by atoms with Gasteiger partial charge in [-0.1, -0.05) is 6.07 Å². The second-order valence-corrected chi connectivity index (χ2v) is 4.60. The molecule has 0 aliphatic heterocycles. The van der Waals surface area contributed by atoms with E-state index in [4.69, 9.17) is 10.6 Å². The standard InChI is InChI=1S/C13H21N3O/c1-2-17-13(11-5-6-11)12(16-14)8-10-4-3-7-15-9-10/h3-4,7,9,11-13,16H,2,5-6,8,14H2,1H3. The first-order valence-corrected chi connectivity index (χ1v) is 6.31. The van der Waals surface area contributed by atoms with Crippen LogP contribution in [0.25, 0.3) is 0 Å². The van der Waals surface area contributed by atoms with Gasteiger partial charge in [-0.05, 0) is 43.7 Å². The van der Waals surface area contributed by atoms with Crippen molar-refractivity contribution in [2.24, 2.45) is 11.8 Å². The Morgan fingerprint density at radius 1 is 1.59 bits per heavy atom. The number of pyridine rings is 1. The van der Waals surface area contributed by atoms with E-state index in [0.29, 0.717) is 5.92 Å². The summed E-state index contributed by atoms with van der Waals surface area (Å²) in [5, 5.41) is 0.